The lowest BCUT2D eigenvalue weighted by Gasteiger charge is -2.34. The topological polar surface area (TPSA) is 53.8 Å². The first-order valence-electron chi connectivity index (χ1n) is 11.5. The molecule has 2 fully saturated rings. The minimum absolute atomic E-state index is 0.0514. The normalized spacial score (nSPS) is 18.1. The quantitative estimate of drug-likeness (QED) is 0.699. The largest absolute Gasteiger partial charge is 0.461 e. The van der Waals surface area contributed by atoms with Crippen LogP contribution in [0.1, 0.15) is 50.7 Å². The summed E-state index contributed by atoms with van der Waals surface area (Å²) < 4.78 is 19.7. The summed E-state index contributed by atoms with van der Waals surface area (Å²) in [5.41, 5.74) is 0.427. The SMILES string of the molecule is O=C(CCc1ccc(-c2ccccc2F)o1)N1CCC(C(=O)N2CCCCCC2)CC1. The third-order valence-corrected chi connectivity index (χ3v) is 6.50. The number of hydrogen-bond acceptors (Lipinski definition) is 3. The molecule has 0 spiro atoms. The van der Waals surface area contributed by atoms with Crippen molar-refractivity contribution in [2.75, 3.05) is 26.2 Å². The fourth-order valence-corrected chi connectivity index (χ4v) is 4.63. The number of rotatable bonds is 5. The van der Waals surface area contributed by atoms with Crippen LogP contribution in [0.25, 0.3) is 11.3 Å². The molecule has 5 nitrogen and oxygen atoms in total. The number of piperidine rings is 1. The Morgan fingerprint density at radius 3 is 2.32 bits per heavy atom. The number of nitrogens with zero attached hydrogens (tertiary/aromatic N) is 2. The number of aryl methyl sites for hydroxylation is 1. The van der Waals surface area contributed by atoms with Crippen molar-refractivity contribution < 1.29 is 18.4 Å². The van der Waals surface area contributed by atoms with Crippen molar-refractivity contribution in [3.05, 3.63) is 48.0 Å². The van der Waals surface area contributed by atoms with Crippen LogP contribution in [0.15, 0.2) is 40.8 Å². The summed E-state index contributed by atoms with van der Waals surface area (Å²) in [6.07, 6.45) is 6.98. The van der Waals surface area contributed by atoms with Crippen LogP contribution in [-0.4, -0.2) is 47.8 Å². The van der Waals surface area contributed by atoms with Crippen LogP contribution in [0.5, 0.6) is 0 Å². The highest BCUT2D eigenvalue weighted by Crippen LogP contribution is 2.26. The molecule has 0 saturated carbocycles. The molecule has 0 N–H and O–H groups in total. The van der Waals surface area contributed by atoms with Crippen molar-refractivity contribution in [2.24, 2.45) is 5.92 Å². The molecular weight excluding hydrogens is 395 g/mol. The second-order valence-corrected chi connectivity index (χ2v) is 8.64. The molecule has 0 aliphatic carbocycles. The number of furan rings is 1. The predicted octanol–water partition coefficient (Wildman–Crippen LogP) is 4.66. The number of amides is 2. The molecule has 1 aromatic carbocycles. The van der Waals surface area contributed by atoms with Crippen LogP contribution >= 0.6 is 0 Å². The summed E-state index contributed by atoms with van der Waals surface area (Å²) in [7, 11) is 0. The summed E-state index contributed by atoms with van der Waals surface area (Å²) in [4.78, 5) is 29.4. The maximum atomic E-state index is 13.9. The zero-order valence-electron chi connectivity index (χ0n) is 18.0. The maximum absolute atomic E-state index is 13.9. The average Bonchev–Trinajstić information content (AvgIpc) is 3.10. The third kappa shape index (κ3) is 5.35. The van der Waals surface area contributed by atoms with E-state index in [-0.39, 0.29) is 23.5 Å². The van der Waals surface area contributed by atoms with E-state index in [1.165, 1.54) is 18.9 Å². The van der Waals surface area contributed by atoms with E-state index >= 15 is 0 Å². The Bertz CT molecular complexity index is 894. The molecule has 31 heavy (non-hydrogen) atoms. The Balaban J connectivity index is 1.24. The van der Waals surface area contributed by atoms with Crippen LogP contribution in [0.2, 0.25) is 0 Å². The first kappa shape index (κ1) is 21.6. The molecule has 2 aliphatic rings. The molecule has 166 valence electrons. The van der Waals surface area contributed by atoms with Crippen molar-refractivity contribution in [3.8, 4) is 11.3 Å². The Morgan fingerprint density at radius 1 is 0.903 bits per heavy atom. The average molecular weight is 427 g/mol. The van der Waals surface area contributed by atoms with Crippen molar-refractivity contribution >= 4 is 11.8 Å². The standard InChI is InChI=1S/C25H31FN2O3/c26-22-8-4-3-7-21(22)23-11-9-20(31-23)10-12-24(29)27-17-13-19(14-18-27)25(30)28-15-5-1-2-6-16-28/h3-4,7-9,11,19H,1-2,5-6,10,12-18H2. The van der Waals surface area contributed by atoms with Crippen molar-refractivity contribution in [1.82, 2.24) is 9.80 Å². The molecular formula is C25H31FN2O3. The highest BCUT2D eigenvalue weighted by Gasteiger charge is 2.30. The molecule has 2 saturated heterocycles. The van der Waals surface area contributed by atoms with Gasteiger partial charge < -0.3 is 14.2 Å². The Hall–Kier alpha value is -2.63. The molecule has 2 aliphatic heterocycles. The van der Waals surface area contributed by atoms with Crippen LogP contribution in [-0.2, 0) is 16.0 Å². The third-order valence-electron chi connectivity index (χ3n) is 6.50. The van der Waals surface area contributed by atoms with Gasteiger partial charge in [-0.1, -0.05) is 25.0 Å². The molecule has 0 unspecified atom stereocenters. The Morgan fingerprint density at radius 2 is 1.61 bits per heavy atom. The Kier molecular flexibility index (Phi) is 7.05. The fourth-order valence-electron chi connectivity index (χ4n) is 4.63. The van der Waals surface area contributed by atoms with Gasteiger partial charge in [0.2, 0.25) is 11.8 Å². The minimum Gasteiger partial charge on any atom is -0.461 e. The van der Waals surface area contributed by atoms with Gasteiger partial charge in [0.05, 0.1) is 5.56 Å². The number of likely N-dealkylation sites (tertiary alicyclic amines) is 2. The zero-order chi connectivity index (χ0) is 21.6. The van der Waals surface area contributed by atoms with Gasteiger partial charge in [-0.2, -0.15) is 0 Å². The number of benzene rings is 1. The van der Waals surface area contributed by atoms with Crippen molar-refractivity contribution in [2.45, 2.75) is 51.4 Å². The van der Waals surface area contributed by atoms with Gasteiger partial charge in [-0.3, -0.25) is 9.59 Å². The zero-order valence-corrected chi connectivity index (χ0v) is 18.0. The van der Waals surface area contributed by atoms with Gasteiger partial charge >= 0.3 is 0 Å². The van der Waals surface area contributed by atoms with Gasteiger partial charge in [0.1, 0.15) is 17.3 Å². The highest BCUT2D eigenvalue weighted by molar-refractivity contribution is 5.80. The molecule has 2 amide bonds. The summed E-state index contributed by atoms with van der Waals surface area (Å²) in [6.45, 7) is 3.05. The lowest BCUT2D eigenvalue weighted by atomic mass is 9.94. The van der Waals surface area contributed by atoms with Crippen LogP contribution in [0.3, 0.4) is 0 Å². The molecule has 0 radical (unpaired) electrons. The summed E-state index contributed by atoms with van der Waals surface area (Å²) in [5, 5.41) is 0. The van der Waals surface area contributed by atoms with E-state index in [0.29, 0.717) is 43.0 Å². The second kappa shape index (κ2) is 10.1. The van der Waals surface area contributed by atoms with Crippen LogP contribution < -0.4 is 0 Å². The number of hydrogen-bond donors (Lipinski definition) is 0. The molecule has 0 bridgehead atoms. The lowest BCUT2D eigenvalue weighted by Crippen LogP contribution is -2.44. The summed E-state index contributed by atoms with van der Waals surface area (Å²) in [5.74, 6) is 1.26. The van der Waals surface area contributed by atoms with E-state index in [1.54, 1.807) is 30.3 Å². The van der Waals surface area contributed by atoms with Gasteiger partial charge in [-0.05, 0) is 49.9 Å². The van der Waals surface area contributed by atoms with Crippen molar-refractivity contribution in [1.29, 1.82) is 0 Å². The van der Waals surface area contributed by atoms with Gasteiger partial charge in [-0.15, -0.1) is 0 Å². The highest BCUT2D eigenvalue weighted by atomic mass is 19.1. The molecule has 4 rings (SSSR count). The van der Waals surface area contributed by atoms with Crippen LogP contribution in [0.4, 0.5) is 4.39 Å². The van der Waals surface area contributed by atoms with E-state index < -0.39 is 0 Å². The van der Waals surface area contributed by atoms with E-state index in [0.717, 1.165) is 38.8 Å². The van der Waals surface area contributed by atoms with Crippen LogP contribution in [0, 0.1) is 11.7 Å². The monoisotopic (exact) mass is 426 g/mol. The first-order chi connectivity index (χ1) is 15.1. The van der Waals surface area contributed by atoms with Gasteiger partial charge in [0.25, 0.3) is 0 Å². The van der Waals surface area contributed by atoms with E-state index in [9.17, 15) is 14.0 Å². The lowest BCUT2D eigenvalue weighted by molar-refractivity contribution is -0.140. The van der Waals surface area contributed by atoms with E-state index in [1.807, 2.05) is 9.80 Å². The number of carbonyl (C=O) groups excluding carboxylic acids is 2. The van der Waals surface area contributed by atoms with Gasteiger partial charge in [0.15, 0.2) is 0 Å². The molecule has 6 heteroatoms. The van der Waals surface area contributed by atoms with E-state index in [4.69, 9.17) is 4.42 Å². The first-order valence-corrected chi connectivity index (χ1v) is 11.5. The molecule has 3 heterocycles. The van der Waals surface area contributed by atoms with E-state index in [2.05, 4.69) is 0 Å². The molecule has 0 atom stereocenters. The van der Waals surface area contributed by atoms with Gasteiger partial charge in [-0.25, -0.2) is 4.39 Å². The number of carbonyl (C=O) groups is 2. The molecule has 1 aromatic heterocycles. The maximum Gasteiger partial charge on any atom is 0.225 e. The van der Waals surface area contributed by atoms with Crippen molar-refractivity contribution in [3.63, 3.8) is 0 Å². The number of halogens is 1. The second-order valence-electron chi connectivity index (χ2n) is 8.64. The fraction of sp³-hybridized carbons (Fsp3) is 0.520. The summed E-state index contributed by atoms with van der Waals surface area (Å²) in [6, 6.07) is 10.1. The summed E-state index contributed by atoms with van der Waals surface area (Å²) >= 11 is 0. The predicted molar refractivity (Wildman–Crippen MR) is 117 cm³/mol. The van der Waals surface area contributed by atoms with Gasteiger partial charge in [0, 0.05) is 44.9 Å². The Labute approximate surface area is 183 Å². The molecule has 2 aromatic rings. The minimum atomic E-state index is -0.322. The smallest absolute Gasteiger partial charge is 0.225 e.